The summed E-state index contributed by atoms with van der Waals surface area (Å²) in [5, 5.41) is 21.5. The predicted molar refractivity (Wildman–Crippen MR) is 67.4 cm³/mol. The zero-order chi connectivity index (χ0) is 15.1. The number of fused-ring (bicyclic) bond motifs is 1. The molecule has 0 aliphatic carbocycles. The average molecular weight is 288 g/mol. The van der Waals surface area contributed by atoms with Crippen LogP contribution in [-0.2, 0) is 9.47 Å². The van der Waals surface area contributed by atoms with Crippen molar-refractivity contribution >= 4 is 12.2 Å². The summed E-state index contributed by atoms with van der Waals surface area (Å²) in [7, 11) is 0. The Bertz CT molecular complexity index is 407. The van der Waals surface area contributed by atoms with Crippen molar-refractivity contribution in [1.29, 1.82) is 0 Å². The third kappa shape index (κ3) is 2.96. The highest BCUT2D eigenvalue weighted by atomic mass is 16.6. The minimum Gasteiger partial charge on any atom is -0.465 e. The summed E-state index contributed by atoms with van der Waals surface area (Å²) < 4.78 is 10.5. The molecule has 0 aromatic carbocycles. The standard InChI is InChI=1S/C12H20N2O6/c1-12(2,3)20-10(16)13-6-4-14(11(17)18)8-7(15)5-19-9(6)8/h6-9,15H,4-5H2,1-3H3,(H,13,16)(H,17,18). The molecule has 2 aliphatic rings. The number of carbonyl (C=O) groups excluding carboxylic acids is 1. The van der Waals surface area contributed by atoms with E-state index >= 15 is 0 Å². The minimum absolute atomic E-state index is 0.0611. The van der Waals surface area contributed by atoms with Gasteiger partial charge in [0.25, 0.3) is 0 Å². The molecule has 0 saturated carbocycles. The molecular formula is C12H20N2O6. The fourth-order valence-corrected chi connectivity index (χ4v) is 2.59. The lowest BCUT2D eigenvalue weighted by atomic mass is 10.1. The lowest BCUT2D eigenvalue weighted by molar-refractivity contribution is 0.0388. The largest absolute Gasteiger partial charge is 0.465 e. The quantitative estimate of drug-likeness (QED) is 0.627. The number of hydrogen-bond donors (Lipinski definition) is 3. The summed E-state index contributed by atoms with van der Waals surface area (Å²) in [6, 6.07) is -1.17. The maximum absolute atomic E-state index is 11.7. The smallest absolute Gasteiger partial charge is 0.408 e. The second-order valence-corrected chi connectivity index (χ2v) is 6.04. The number of likely N-dealkylation sites (tertiary alicyclic amines) is 1. The molecule has 2 amide bonds. The van der Waals surface area contributed by atoms with E-state index < -0.39 is 42.1 Å². The van der Waals surface area contributed by atoms with Crippen LogP contribution in [0.1, 0.15) is 20.8 Å². The van der Waals surface area contributed by atoms with E-state index in [9.17, 15) is 14.7 Å². The molecule has 20 heavy (non-hydrogen) atoms. The highest BCUT2D eigenvalue weighted by Crippen LogP contribution is 2.30. The van der Waals surface area contributed by atoms with E-state index in [1.807, 2.05) is 0 Å². The molecule has 114 valence electrons. The molecule has 0 aromatic heterocycles. The fourth-order valence-electron chi connectivity index (χ4n) is 2.59. The topological polar surface area (TPSA) is 108 Å². The van der Waals surface area contributed by atoms with Gasteiger partial charge in [0, 0.05) is 6.54 Å². The first-order valence-corrected chi connectivity index (χ1v) is 6.48. The second-order valence-electron chi connectivity index (χ2n) is 6.04. The average Bonchev–Trinajstić information content (AvgIpc) is 2.79. The molecule has 2 heterocycles. The van der Waals surface area contributed by atoms with Crippen LogP contribution in [0.5, 0.6) is 0 Å². The van der Waals surface area contributed by atoms with Gasteiger partial charge in [0.05, 0.1) is 18.7 Å². The van der Waals surface area contributed by atoms with Gasteiger partial charge in [-0.25, -0.2) is 9.59 Å². The van der Waals surface area contributed by atoms with Crippen molar-refractivity contribution in [3.63, 3.8) is 0 Å². The molecule has 2 fully saturated rings. The van der Waals surface area contributed by atoms with Gasteiger partial charge in [-0.3, -0.25) is 4.90 Å². The monoisotopic (exact) mass is 288 g/mol. The Morgan fingerprint density at radius 1 is 1.40 bits per heavy atom. The number of nitrogens with zero attached hydrogens (tertiary/aromatic N) is 1. The van der Waals surface area contributed by atoms with Crippen molar-refractivity contribution in [2.45, 2.75) is 50.7 Å². The van der Waals surface area contributed by atoms with Gasteiger partial charge >= 0.3 is 12.2 Å². The summed E-state index contributed by atoms with van der Waals surface area (Å²) in [4.78, 5) is 24.0. The molecule has 3 N–H and O–H groups in total. The molecule has 0 aromatic rings. The molecule has 8 nitrogen and oxygen atoms in total. The normalized spacial score (nSPS) is 32.9. The van der Waals surface area contributed by atoms with E-state index in [-0.39, 0.29) is 13.2 Å². The number of aliphatic hydroxyl groups excluding tert-OH is 1. The van der Waals surface area contributed by atoms with Crippen molar-refractivity contribution in [3.8, 4) is 0 Å². The van der Waals surface area contributed by atoms with Crippen molar-refractivity contribution in [1.82, 2.24) is 10.2 Å². The van der Waals surface area contributed by atoms with Gasteiger partial charge in [0.15, 0.2) is 0 Å². The van der Waals surface area contributed by atoms with E-state index in [2.05, 4.69) is 5.32 Å². The molecule has 0 spiro atoms. The minimum atomic E-state index is -1.14. The first kappa shape index (κ1) is 14.9. The molecule has 2 aliphatic heterocycles. The number of amides is 2. The second kappa shape index (κ2) is 5.10. The molecule has 2 saturated heterocycles. The molecule has 4 atom stereocenters. The van der Waals surface area contributed by atoms with Crippen molar-refractivity contribution < 1.29 is 29.3 Å². The molecule has 0 bridgehead atoms. The molecular weight excluding hydrogens is 268 g/mol. The third-order valence-corrected chi connectivity index (χ3v) is 3.29. The summed E-state index contributed by atoms with van der Waals surface area (Å²) in [6.45, 7) is 5.35. The number of alkyl carbamates (subject to hydrolysis) is 1. The predicted octanol–water partition coefficient (Wildman–Crippen LogP) is 0.00160. The maximum Gasteiger partial charge on any atom is 0.408 e. The van der Waals surface area contributed by atoms with Crippen LogP contribution in [0.3, 0.4) is 0 Å². The number of hydrogen-bond acceptors (Lipinski definition) is 5. The maximum atomic E-state index is 11.7. The van der Waals surface area contributed by atoms with Crippen LogP contribution >= 0.6 is 0 Å². The van der Waals surface area contributed by atoms with Gasteiger partial charge in [-0.2, -0.15) is 0 Å². The number of rotatable bonds is 1. The van der Waals surface area contributed by atoms with Crippen LogP contribution in [-0.4, -0.2) is 70.3 Å². The van der Waals surface area contributed by atoms with Crippen LogP contribution in [0, 0.1) is 0 Å². The summed E-state index contributed by atoms with van der Waals surface area (Å²) in [5.74, 6) is 0. The highest BCUT2D eigenvalue weighted by molar-refractivity contribution is 5.70. The van der Waals surface area contributed by atoms with Crippen LogP contribution in [0.2, 0.25) is 0 Å². The molecule has 2 rings (SSSR count). The van der Waals surface area contributed by atoms with Crippen molar-refractivity contribution in [2.75, 3.05) is 13.2 Å². The van der Waals surface area contributed by atoms with E-state index in [0.29, 0.717) is 0 Å². The number of carbonyl (C=O) groups is 2. The van der Waals surface area contributed by atoms with Crippen LogP contribution in [0.4, 0.5) is 9.59 Å². The first-order chi connectivity index (χ1) is 9.19. The lowest BCUT2D eigenvalue weighted by Crippen LogP contribution is -2.46. The van der Waals surface area contributed by atoms with Gasteiger partial charge in [-0.05, 0) is 20.8 Å². The number of carboxylic acid groups (broad SMARTS) is 1. The number of aliphatic hydroxyl groups is 1. The van der Waals surface area contributed by atoms with Gasteiger partial charge in [0.1, 0.15) is 17.8 Å². The van der Waals surface area contributed by atoms with Crippen molar-refractivity contribution in [3.05, 3.63) is 0 Å². The zero-order valence-corrected chi connectivity index (χ0v) is 11.7. The Hall–Kier alpha value is -1.54. The Morgan fingerprint density at radius 3 is 2.60 bits per heavy atom. The molecule has 0 radical (unpaired) electrons. The molecule has 4 unspecified atom stereocenters. The van der Waals surface area contributed by atoms with E-state index in [0.717, 1.165) is 4.90 Å². The van der Waals surface area contributed by atoms with E-state index in [1.165, 1.54) is 0 Å². The Kier molecular flexibility index (Phi) is 3.79. The van der Waals surface area contributed by atoms with E-state index in [1.54, 1.807) is 20.8 Å². The lowest BCUT2D eigenvalue weighted by Gasteiger charge is -2.23. The Morgan fingerprint density at radius 2 is 2.05 bits per heavy atom. The molecule has 8 heteroatoms. The summed E-state index contributed by atoms with van der Waals surface area (Å²) >= 11 is 0. The highest BCUT2D eigenvalue weighted by Gasteiger charge is 2.53. The summed E-state index contributed by atoms with van der Waals surface area (Å²) in [6.07, 6.45) is -3.19. The van der Waals surface area contributed by atoms with Crippen LogP contribution in [0.25, 0.3) is 0 Å². The fraction of sp³-hybridized carbons (Fsp3) is 0.833. The van der Waals surface area contributed by atoms with Crippen LogP contribution < -0.4 is 5.32 Å². The first-order valence-electron chi connectivity index (χ1n) is 6.48. The zero-order valence-electron chi connectivity index (χ0n) is 11.7. The van der Waals surface area contributed by atoms with Gasteiger partial charge in [0.2, 0.25) is 0 Å². The SMILES string of the molecule is CC(C)(C)OC(=O)NC1CN(C(=O)O)C2C(O)COC12. The number of nitrogens with one attached hydrogen (secondary N) is 1. The number of ether oxygens (including phenoxy) is 2. The van der Waals surface area contributed by atoms with Gasteiger partial charge < -0.3 is 25.0 Å². The van der Waals surface area contributed by atoms with E-state index in [4.69, 9.17) is 14.6 Å². The van der Waals surface area contributed by atoms with Gasteiger partial charge in [-0.15, -0.1) is 0 Å². The van der Waals surface area contributed by atoms with Gasteiger partial charge in [-0.1, -0.05) is 0 Å². The Labute approximate surface area is 116 Å². The Balaban J connectivity index is 2.03. The summed E-state index contributed by atoms with van der Waals surface area (Å²) in [5.41, 5.74) is -0.634. The van der Waals surface area contributed by atoms with Crippen molar-refractivity contribution in [2.24, 2.45) is 0 Å². The third-order valence-electron chi connectivity index (χ3n) is 3.29. The van der Waals surface area contributed by atoms with Crippen LogP contribution in [0.15, 0.2) is 0 Å².